The molecule has 0 spiro atoms. The molecule has 0 aliphatic heterocycles. The van der Waals surface area contributed by atoms with Crippen molar-refractivity contribution in [1.29, 1.82) is 0 Å². The molecule has 1 aromatic rings. The maximum absolute atomic E-state index is 5.82. The highest BCUT2D eigenvalue weighted by atomic mass is 16.5. The number of rotatable bonds is 9. The predicted octanol–water partition coefficient (Wildman–Crippen LogP) is 3.73. The Morgan fingerprint density at radius 3 is 2.48 bits per heavy atom. The monoisotopic (exact) mass is 293 g/mol. The first-order valence-corrected chi connectivity index (χ1v) is 7.92. The van der Waals surface area contributed by atoms with Crippen molar-refractivity contribution < 1.29 is 9.47 Å². The Morgan fingerprint density at radius 1 is 1.24 bits per heavy atom. The molecule has 21 heavy (non-hydrogen) atoms. The zero-order valence-electron chi connectivity index (χ0n) is 14.5. The minimum atomic E-state index is -0.177. The van der Waals surface area contributed by atoms with Crippen LogP contribution in [0.4, 0.5) is 0 Å². The van der Waals surface area contributed by atoms with Crippen LogP contribution in [0.25, 0.3) is 0 Å². The summed E-state index contributed by atoms with van der Waals surface area (Å²) in [5, 5.41) is 3.65. The molecular weight excluding hydrogens is 262 g/mol. The smallest absolute Gasteiger partial charge is 0.122 e. The van der Waals surface area contributed by atoms with Crippen LogP contribution < -0.4 is 10.1 Å². The van der Waals surface area contributed by atoms with E-state index < -0.39 is 0 Å². The van der Waals surface area contributed by atoms with Crippen LogP contribution in [0.15, 0.2) is 18.2 Å². The molecule has 0 aliphatic carbocycles. The van der Waals surface area contributed by atoms with Gasteiger partial charge in [-0.15, -0.1) is 0 Å². The summed E-state index contributed by atoms with van der Waals surface area (Å²) in [6.45, 7) is 9.66. The van der Waals surface area contributed by atoms with Gasteiger partial charge in [-0.3, -0.25) is 0 Å². The van der Waals surface area contributed by atoms with E-state index in [0.717, 1.165) is 31.6 Å². The van der Waals surface area contributed by atoms with Gasteiger partial charge < -0.3 is 14.8 Å². The Morgan fingerprint density at radius 2 is 1.95 bits per heavy atom. The van der Waals surface area contributed by atoms with E-state index in [1.807, 2.05) is 0 Å². The molecule has 1 N–H and O–H groups in total. The first-order valence-electron chi connectivity index (χ1n) is 7.92. The summed E-state index contributed by atoms with van der Waals surface area (Å²) in [7, 11) is 3.54. The standard InChI is InChI=1S/C18H31NO2/c1-7-11-19-17(18(4,8-2)21-6)13-15-12-14(3)9-10-16(15)20-5/h9-10,12,17,19H,7-8,11,13H2,1-6H3. The van der Waals surface area contributed by atoms with Crippen LogP contribution in [0.1, 0.15) is 44.7 Å². The number of hydrogen-bond donors (Lipinski definition) is 1. The topological polar surface area (TPSA) is 30.5 Å². The van der Waals surface area contributed by atoms with Gasteiger partial charge in [0.25, 0.3) is 0 Å². The van der Waals surface area contributed by atoms with E-state index in [1.165, 1.54) is 11.1 Å². The second-order valence-corrected chi connectivity index (χ2v) is 5.90. The molecule has 0 aromatic heterocycles. The molecule has 120 valence electrons. The lowest BCUT2D eigenvalue weighted by Crippen LogP contribution is -2.51. The maximum Gasteiger partial charge on any atom is 0.122 e. The van der Waals surface area contributed by atoms with Crippen molar-refractivity contribution in [2.24, 2.45) is 0 Å². The van der Waals surface area contributed by atoms with Gasteiger partial charge in [0.2, 0.25) is 0 Å². The highest BCUT2D eigenvalue weighted by Crippen LogP contribution is 2.27. The van der Waals surface area contributed by atoms with Gasteiger partial charge in [0.1, 0.15) is 5.75 Å². The molecule has 0 aliphatic rings. The van der Waals surface area contributed by atoms with Gasteiger partial charge in [0.05, 0.1) is 12.7 Å². The average molecular weight is 293 g/mol. The average Bonchev–Trinajstić information content (AvgIpc) is 2.50. The van der Waals surface area contributed by atoms with Crippen molar-refractivity contribution in [2.45, 2.75) is 58.6 Å². The van der Waals surface area contributed by atoms with Gasteiger partial charge in [-0.1, -0.05) is 31.5 Å². The highest BCUT2D eigenvalue weighted by Gasteiger charge is 2.32. The zero-order chi connectivity index (χ0) is 15.9. The molecule has 3 heteroatoms. The lowest BCUT2D eigenvalue weighted by Gasteiger charge is -2.37. The van der Waals surface area contributed by atoms with Crippen molar-refractivity contribution in [3.05, 3.63) is 29.3 Å². The van der Waals surface area contributed by atoms with Crippen molar-refractivity contribution in [2.75, 3.05) is 20.8 Å². The number of ether oxygens (including phenoxy) is 2. The van der Waals surface area contributed by atoms with Gasteiger partial charge in [0, 0.05) is 13.2 Å². The lowest BCUT2D eigenvalue weighted by molar-refractivity contribution is -0.0288. The molecule has 0 amide bonds. The molecule has 0 radical (unpaired) electrons. The summed E-state index contributed by atoms with van der Waals surface area (Å²) < 4.78 is 11.3. The third-order valence-corrected chi connectivity index (χ3v) is 4.41. The van der Waals surface area contributed by atoms with Crippen LogP contribution in [0.2, 0.25) is 0 Å². The largest absolute Gasteiger partial charge is 0.496 e. The predicted molar refractivity (Wildman–Crippen MR) is 89.2 cm³/mol. The summed E-state index contributed by atoms with van der Waals surface area (Å²) >= 11 is 0. The van der Waals surface area contributed by atoms with Crippen LogP contribution >= 0.6 is 0 Å². The SMILES string of the molecule is CCCNC(Cc1cc(C)ccc1OC)C(C)(CC)OC. The number of aryl methyl sites for hydroxylation is 1. The van der Waals surface area contributed by atoms with Crippen molar-refractivity contribution in [3.8, 4) is 5.75 Å². The fraction of sp³-hybridized carbons (Fsp3) is 0.667. The Hall–Kier alpha value is -1.06. The quantitative estimate of drug-likeness (QED) is 0.752. The van der Waals surface area contributed by atoms with E-state index in [4.69, 9.17) is 9.47 Å². The van der Waals surface area contributed by atoms with Crippen LogP contribution in [-0.4, -0.2) is 32.4 Å². The third-order valence-electron chi connectivity index (χ3n) is 4.41. The Labute approximate surface area is 130 Å². The number of nitrogens with one attached hydrogen (secondary N) is 1. The fourth-order valence-corrected chi connectivity index (χ4v) is 2.64. The molecule has 2 atom stereocenters. The summed E-state index contributed by atoms with van der Waals surface area (Å²) in [5.74, 6) is 0.957. The minimum Gasteiger partial charge on any atom is -0.496 e. The first kappa shape index (κ1) is 18.0. The molecule has 0 fully saturated rings. The number of methoxy groups -OCH3 is 2. The third kappa shape index (κ3) is 4.72. The molecule has 1 aromatic carbocycles. The van der Waals surface area contributed by atoms with E-state index >= 15 is 0 Å². The zero-order valence-corrected chi connectivity index (χ0v) is 14.5. The molecular formula is C18H31NO2. The second kappa shape index (κ2) is 8.40. The van der Waals surface area contributed by atoms with Crippen molar-refractivity contribution in [3.63, 3.8) is 0 Å². The van der Waals surface area contributed by atoms with Gasteiger partial charge in [-0.2, -0.15) is 0 Å². The van der Waals surface area contributed by atoms with E-state index in [-0.39, 0.29) is 11.6 Å². The van der Waals surface area contributed by atoms with Crippen LogP contribution in [0.5, 0.6) is 5.75 Å². The Bertz CT molecular complexity index is 427. The normalized spacial score (nSPS) is 15.5. The molecule has 0 saturated carbocycles. The molecule has 0 saturated heterocycles. The lowest BCUT2D eigenvalue weighted by atomic mass is 9.87. The summed E-state index contributed by atoms with van der Waals surface area (Å²) in [6.07, 6.45) is 2.99. The Balaban J connectivity index is 3.03. The second-order valence-electron chi connectivity index (χ2n) is 5.90. The minimum absolute atomic E-state index is 0.177. The first-order chi connectivity index (χ1) is 10.0. The van der Waals surface area contributed by atoms with Crippen molar-refractivity contribution >= 4 is 0 Å². The maximum atomic E-state index is 5.82. The van der Waals surface area contributed by atoms with Crippen LogP contribution in [0, 0.1) is 6.92 Å². The van der Waals surface area contributed by atoms with Gasteiger partial charge in [-0.05, 0) is 51.3 Å². The van der Waals surface area contributed by atoms with E-state index in [9.17, 15) is 0 Å². The molecule has 2 unspecified atom stereocenters. The van der Waals surface area contributed by atoms with Gasteiger partial charge in [-0.25, -0.2) is 0 Å². The van der Waals surface area contributed by atoms with Crippen LogP contribution in [-0.2, 0) is 11.2 Å². The number of hydrogen-bond acceptors (Lipinski definition) is 3. The summed E-state index contributed by atoms with van der Waals surface area (Å²) in [5.41, 5.74) is 2.32. The fourth-order valence-electron chi connectivity index (χ4n) is 2.64. The molecule has 1 rings (SSSR count). The van der Waals surface area contributed by atoms with Gasteiger partial charge in [0.15, 0.2) is 0 Å². The highest BCUT2D eigenvalue weighted by molar-refractivity contribution is 5.37. The van der Waals surface area contributed by atoms with Crippen molar-refractivity contribution in [1.82, 2.24) is 5.32 Å². The summed E-state index contributed by atoms with van der Waals surface area (Å²) in [4.78, 5) is 0. The van der Waals surface area contributed by atoms with Crippen LogP contribution in [0.3, 0.4) is 0 Å². The number of benzene rings is 1. The van der Waals surface area contributed by atoms with Gasteiger partial charge >= 0.3 is 0 Å². The molecule has 0 bridgehead atoms. The molecule has 0 heterocycles. The van der Waals surface area contributed by atoms with E-state index in [2.05, 4.69) is 51.2 Å². The Kier molecular flexibility index (Phi) is 7.20. The van der Waals surface area contributed by atoms with E-state index in [1.54, 1.807) is 14.2 Å². The molecule has 3 nitrogen and oxygen atoms in total. The summed E-state index contributed by atoms with van der Waals surface area (Å²) in [6, 6.07) is 6.62. The van der Waals surface area contributed by atoms with E-state index in [0.29, 0.717) is 0 Å².